The molecule has 1 aliphatic rings. The average molecular weight is 509 g/mol. The lowest BCUT2D eigenvalue weighted by molar-refractivity contribution is -0.0575. The van der Waals surface area contributed by atoms with Crippen molar-refractivity contribution < 1.29 is 21.6 Å². The zero-order chi connectivity index (χ0) is 25.0. The second-order valence-electron chi connectivity index (χ2n) is 8.74. The molecule has 0 bridgehead atoms. The van der Waals surface area contributed by atoms with Gasteiger partial charge in [-0.3, -0.25) is 13.8 Å². The molecule has 5 rings (SSSR count). The van der Waals surface area contributed by atoms with Gasteiger partial charge in [-0.25, -0.2) is 18.4 Å². The van der Waals surface area contributed by atoms with Gasteiger partial charge in [-0.15, -0.1) is 0 Å². The fourth-order valence-electron chi connectivity index (χ4n) is 4.38. The molecule has 0 N–H and O–H groups in total. The minimum atomic E-state index is -5.39. The third kappa shape index (κ3) is 3.89. The highest BCUT2D eigenvalue weighted by Gasteiger charge is 2.58. The van der Waals surface area contributed by atoms with E-state index in [1.54, 1.807) is 51.8 Å². The second-order valence-corrected chi connectivity index (χ2v) is 10.7. The molecule has 0 unspecified atom stereocenters. The Hall–Kier alpha value is -3.26. The molecule has 4 aromatic heterocycles. The van der Waals surface area contributed by atoms with Crippen LogP contribution < -0.4 is 0 Å². The first-order valence-electron chi connectivity index (χ1n) is 11.0. The summed E-state index contributed by atoms with van der Waals surface area (Å²) in [5.74, 6) is 0.551. The number of hydrogen-bond acceptors (Lipinski definition) is 6. The van der Waals surface area contributed by atoms with E-state index in [0.29, 0.717) is 33.5 Å². The molecule has 0 radical (unpaired) electrons. The summed E-state index contributed by atoms with van der Waals surface area (Å²) in [7, 11) is -3.58. The fourth-order valence-corrected chi connectivity index (χ4v) is 5.49. The molecule has 0 atom stereocenters. The van der Waals surface area contributed by atoms with Crippen molar-refractivity contribution in [2.75, 3.05) is 13.1 Å². The van der Waals surface area contributed by atoms with Gasteiger partial charge in [-0.2, -0.15) is 27.7 Å². The largest absolute Gasteiger partial charge is 0.511 e. The van der Waals surface area contributed by atoms with Crippen LogP contribution in [0, 0.1) is 0 Å². The van der Waals surface area contributed by atoms with E-state index in [4.69, 9.17) is 4.98 Å². The highest BCUT2D eigenvalue weighted by atomic mass is 32.2. The fraction of sp³-hybridized carbons (Fsp3) is 0.429. The van der Waals surface area contributed by atoms with Crippen LogP contribution >= 0.6 is 0 Å². The number of nitrogens with zero attached hydrogens (tertiary/aromatic N) is 8. The van der Waals surface area contributed by atoms with Gasteiger partial charge >= 0.3 is 15.5 Å². The normalized spacial score (nSPS) is 16.6. The Labute approximate surface area is 199 Å². The Balaban J connectivity index is 1.52. The Morgan fingerprint density at radius 1 is 1.11 bits per heavy atom. The first-order chi connectivity index (χ1) is 16.5. The Morgan fingerprint density at radius 3 is 2.51 bits per heavy atom. The van der Waals surface area contributed by atoms with Crippen LogP contribution in [0.5, 0.6) is 0 Å². The summed E-state index contributed by atoms with van der Waals surface area (Å²) in [4.78, 5) is 9.15. The number of fused-ring (bicyclic) bond motifs is 1. The predicted octanol–water partition coefficient (Wildman–Crippen LogP) is 3.04. The van der Waals surface area contributed by atoms with Crippen LogP contribution in [0.15, 0.2) is 43.2 Å². The Morgan fingerprint density at radius 2 is 1.86 bits per heavy atom. The average Bonchev–Trinajstić information content (AvgIpc) is 3.52. The molecular formula is C21H23F3N8O2S. The van der Waals surface area contributed by atoms with Gasteiger partial charge in [-0.05, 0) is 6.42 Å². The maximum Gasteiger partial charge on any atom is 0.511 e. The van der Waals surface area contributed by atoms with E-state index >= 15 is 0 Å². The maximum absolute atomic E-state index is 13.1. The minimum absolute atomic E-state index is 0.292. The summed E-state index contributed by atoms with van der Waals surface area (Å²) >= 11 is 0. The van der Waals surface area contributed by atoms with Crippen LogP contribution in [-0.2, 0) is 22.6 Å². The van der Waals surface area contributed by atoms with E-state index in [0.717, 1.165) is 18.4 Å². The summed E-state index contributed by atoms with van der Waals surface area (Å²) in [6, 6.07) is 1.83. The zero-order valence-electron chi connectivity index (χ0n) is 19.0. The molecule has 1 saturated heterocycles. The van der Waals surface area contributed by atoms with Crippen molar-refractivity contribution in [2.45, 2.75) is 37.2 Å². The highest BCUT2D eigenvalue weighted by Crippen LogP contribution is 2.40. The molecule has 5 heterocycles. The lowest BCUT2D eigenvalue weighted by Crippen LogP contribution is -2.65. The van der Waals surface area contributed by atoms with E-state index in [1.807, 2.05) is 19.2 Å². The van der Waals surface area contributed by atoms with Crippen LogP contribution in [0.1, 0.15) is 26.2 Å². The van der Waals surface area contributed by atoms with Gasteiger partial charge in [0.15, 0.2) is 0 Å². The topological polar surface area (TPSA) is 103 Å². The van der Waals surface area contributed by atoms with Crippen LogP contribution in [0.3, 0.4) is 0 Å². The van der Waals surface area contributed by atoms with E-state index in [1.165, 1.54) is 0 Å². The van der Waals surface area contributed by atoms with E-state index in [-0.39, 0.29) is 13.1 Å². The summed E-state index contributed by atoms with van der Waals surface area (Å²) in [5.41, 5.74) is -3.44. The van der Waals surface area contributed by atoms with E-state index in [9.17, 15) is 21.6 Å². The van der Waals surface area contributed by atoms with Crippen molar-refractivity contribution in [3.63, 3.8) is 0 Å². The van der Waals surface area contributed by atoms with Crippen molar-refractivity contribution in [3.05, 3.63) is 43.2 Å². The summed E-state index contributed by atoms with van der Waals surface area (Å²) in [5, 5.41) is 8.63. The second kappa shape index (κ2) is 8.16. The van der Waals surface area contributed by atoms with Crippen molar-refractivity contribution >= 4 is 15.7 Å². The van der Waals surface area contributed by atoms with Gasteiger partial charge in [0.2, 0.25) is 0 Å². The Bertz CT molecular complexity index is 1480. The minimum Gasteiger partial charge on any atom is -0.284 e. The molecule has 0 spiro atoms. The monoisotopic (exact) mass is 508 g/mol. The van der Waals surface area contributed by atoms with Gasteiger partial charge in [0, 0.05) is 56.6 Å². The van der Waals surface area contributed by atoms with Gasteiger partial charge < -0.3 is 0 Å². The standard InChI is InChI=1S/C21H23F3N8O2S/c1-3-4-5-20(13-30(14-20)35(33,34)21(22,23)24)32-12-16(10-27-32)19-28-17(15-9-26-29(2)11-15)8-18-25-6-7-31(18)19/h6-12H,3-5,13-14H2,1-2H3. The lowest BCUT2D eigenvalue weighted by Gasteiger charge is -2.49. The van der Waals surface area contributed by atoms with Crippen LogP contribution in [0.25, 0.3) is 28.3 Å². The lowest BCUT2D eigenvalue weighted by atomic mass is 9.86. The predicted molar refractivity (Wildman–Crippen MR) is 120 cm³/mol. The molecule has 14 heteroatoms. The van der Waals surface area contributed by atoms with Crippen LogP contribution in [0.4, 0.5) is 13.2 Å². The molecular weight excluding hydrogens is 485 g/mol. The summed E-state index contributed by atoms with van der Waals surface area (Å²) in [6.07, 6.45) is 12.3. The maximum atomic E-state index is 13.1. The Kier molecular flexibility index (Phi) is 5.47. The third-order valence-electron chi connectivity index (χ3n) is 6.29. The number of rotatable bonds is 7. The van der Waals surface area contributed by atoms with Crippen LogP contribution in [-0.4, -0.2) is 65.3 Å². The van der Waals surface area contributed by atoms with Crippen molar-refractivity contribution in [3.8, 4) is 22.6 Å². The van der Waals surface area contributed by atoms with Crippen LogP contribution in [0.2, 0.25) is 0 Å². The number of unbranched alkanes of at least 4 members (excludes halogenated alkanes) is 1. The quantitative estimate of drug-likeness (QED) is 0.380. The van der Waals surface area contributed by atoms with E-state index < -0.39 is 21.1 Å². The molecule has 10 nitrogen and oxygen atoms in total. The number of sulfonamides is 1. The molecule has 4 aromatic rings. The number of halogens is 3. The van der Waals surface area contributed by atoms with Gasteiger partial charge in [0.05, 0.1) is 29.2 Å². The van der Waals surface area contributed by atoms with Crippen molar-refractivity contribution in [2.24, 2.45) is 7.05 Å². The van der Waals surface area contributed by atoms with E-state index in [2.05, 4.69) is 15.2 Å². The summed E-state index contributed by atoms with van der Waals surface area (Å²) in [6.45, 7) is 1.38. The number of aromatic nitrogens is 7. The number of hydrogen-bond donors (Lipinski definition) is 0. The van der Waals surface area contributed by atoms with Gasteiger partial charge in [0.1, 0.15) is 11.5 Å². The van der Waals surface area contributed by atoms with Gasteiger partial charge in [0.25, 0.3) is 0 Å². The number of alkyl halides is 3. The molecule has 0 aromatic carbocycles. The zero-order valence-corrected chi connectivity index (χ0v) is 19.8. The molecule has 0 saturated carbocycles. The van der Waals surface area contributed by atoms with Gasteiger partial charge in [-0.1, -0.05) is 19.8 Å². The molecule has 35 heavy (non-hydrogen) atoms. The molecule has 0 aliphatic carbocycles. The third-order valence-corrected chi connectivity index (χ3v) is 7.81. The number of imidazole rings is 1. The van der Waals surface area contributed by atoms with Crippen molar-refractivity contribution in [1.82, 2.24) is 38.2 Å². The SMILES string of the molecule is CCCCC1(n2cc(-c3nc(-c4cnn(C)c4)cc4nccn34)cn2)CN(S(=O)(=O)C(F)(F)F)C1. The molecule has 0 amide bonds. The van der Waals surface area contributed by atoms with Crippen molar-refractivity contribution in [1.29, 1.82) is 0 Å². The number of aryl methyl sites for hydroxylation is 1. The smallest absolute Gasteiger partial charge is 0.284 e. The molecule has 1 fully saturated rings. The summed E-state index contributed by atoms with van der Waals surface area (Å²) < 4.78 is 68.5. The first-order valence-corrected chi connectivity index (χ1v) is 12.4. The molecule has 186 valence electrons. The highest BCUT2D eigenvalue weighted by molar-refractivity contribution is 7.90. The first kappa shape index (κ1) is 23.5. The molecule has 1 aliphatic heterocycles.